The SMILES string of the molecule is NCc1cn(-c2ccc(C(F)(F)F)nc2)nc1Cl.O=C(CCc1cn(-c2ccc(C(F)(F)F)nc2)nc1Cl)[C@@H]1CCN1S(=O)(=O)c1ccc(F)cc1.O=C(O)[C@@H]1CCN1S(=O)(=O)c1ccc(F)cc1. The summed E-state index contributed by atoms with van der Waals surface area (Å²) in [5.74, 6) is -2.58. The molecule has 4 aromatic heterocycles. The zero-order valence-electron chi connectivity index (χ0n) is 35.0. The summed E-state index contributed by atoms with van der Waals surface area (Å²) >= 11 is 11.9. The van der Waals surface area contributed by atoms with E-state index in [1.54, 1.807) is 6.20 Å². The molecule has 69 heavy (non-hydrogen) atoms. The number of aliphatic carboxylic acids is 1. The van der Waals surface area contributed by atoms with Gasteiger partial charge in [-0.15, -0.1) is 0 Å². The van der Waals surface area contributed by atoms with Gasteiger partial charge in [0.05, 0.1) is 39.6 Å². The Hall–Kier alpha value is -5.90. The van der Waals surface area contributed by atoms with E-state index in [1.165, 1.54) is 27.7 Å². The summed E-state index contributed by atoms with van der Waals surface area (Å²) in [4.78, 5) is 30.0. The van der Waals surface area contributed by atoms with Gasteiger partial charge in [-0.2, -0.15) is 45.2 Å². The van der Waals surface area contributed by atoms with Gasteiger partial charge >= 0.3 is 18.3 Å². The molecule has 3 N–H and O–H groups in total. The van der Waals surface area contributed by atoms with Crippen LogP contribution in [0.5, 0.6) is 0 Å². The molecule has 8 rings (SSSR count). The molecule has 2 saturated heterocycles. The number of Topliss-reactive ketones (excluding diaryl/α,β-unsaturated/α-hetero) is 1. The summed E-state index contributed by atoms with van der Waals surface area (Å²) in [6.07, 6.45) is -3.10. The average Bonchev–Trinajstić information content (AvgIpc) is 3.83. The van der Waals surface area contributed by atoms with E-state index in [1.807, 2.05) is 0 Å². The Labute approximate surface area is 397 Å². The van der Waals surface area contributed by atoms with Crippen molar-refractivity contribution in [2.75, 3.05) is 13.1 Å². The molecule has 2 atom stereocenters. The number of carboxylic acids is 1. The molecule has 2 aliphatic rings. The quantitative estimate of drug-likeness (QED) is 0.117. The number of alkyl halides is 6. The van der Waals surface area contributed by atoms with Crippen LogP contribution in [0.2, 0.25) is 10.3 Å². The molecule has 6 aromatic rings. The van der Waals surface area contributed by atoms with Crippen LogP contribution in [0.15, 0.2) is 107 Å². The van der Waals surface area contributed by atoms with Crippen molar-refractivity contribution in [2.45, 2.75) is 66.5 Å². The fraction of sp³-hybridized carbons (Fsp3) is 0.268. The molecule has 0 saturated carbocycles. The lowest BCUT2D eigenvalue weighted by molar-refractivity contribution is -0.145. The average molecular weight is 1050 g/mol. The molecule has 0 unspecified atom stereocenters. The number of rotatable bonds is 12. The first-order valence-electron chi connectivity index (χ1n) is 19.9. The number of benzene rings is 2. The van der Waals surface area contributed by atoms with E-state index < -0.39 is 73.5 Å². The minimum atomic E-state index is -4.56. The van der Waals surface area contributed by atoms with E-state index in [9.17, 15) is 61.5 Å². The zero-order chi connectivity index (χ0) is 50.6. The van der Waals surface area contributed by atoms with Crippen LogP contribution in [-0.4, -0.2) is 97.0 Å². The number of aryl methyl sites for hydroxylation is 1. The van der Waals surface area contributed by atoms with Crippen molar-refractivity contribution in [1.82, 2.24) is 38.1 Å². The number of carbonyl (C=O) groups is 2. The predicted octanol–water partition coefficient (Wildman–Crippen LogP) is 7.12. The molecule has 16 nitrogen and oxygen atoms in total. The van der Waals surface area contributed by atoms with Gasteiger partial charge in [0.1, 0.15) is 29.1 Å². The number of sulfonamides is 2. The number of hydrogen-bond donors (Lipinski definition) is 2. The third kappa shape index (κ3) is 12.3. The number of halogens is 10. The topological polar surface area (TPSA) is 217 Å². The van der Waals surface area contributed by atoms with E-state index in [4.69, 9.17) is 34.0 Å². The van der Waals surface area contributed by atoms with Gasteiger partial charge in [0.2, 0.25) is 20.0 Å². The molecular weight excluding hydrogens is 1020 g/mol. The normalized spacial score (nSPS) is 16.6. The second-order valence-electron chi connectivity index (χ2n) is 14.8. The van der Waals surface area contributed by atoms with E-state index in [-0.39, 0.29) is 64.0 Å². The number of ketones is 1. The Morgan fingerprint density at radius 3 is 1.39 bits per heavy atom. The van der Waals surface area contributed by atoms with E-state index >= 15 is 0 Å². The smallest absolute Gasteiger partial charge is 0.433 e. The molecule has 0 bridgehead atoms. The van der Waals surface area contributed by atoms with E-state index in [0.717, 1.165) is 81.7 Å². The van der Waals surface area contributed by atoms with Gasteiger partial charge in [-0.05, 0) is 92.1 Å². The second kappa shape index (κ2) is 21.0. The lowest BCUT2D eigenvalue weighted by atomic mass is 9.98. The van der Waals surface area contributed by atoms with Gasteiger partial charge in [-0.25, -0.2) is 44.9 Å². The number of nitrogens with two attached hydrogens (primary N) is 1. The first-order chi connectivity index (χ1) is 32.3. The van der Waals surface area contributed by atoms with Crippen LogP contribution < -0.4 is 5.73 Å². The van der Waals surface area contributed by atoms with Crippen LogP contribution in [0.3, 0.4) is 0 Å². The summed E-state index contributed by atoms with van der Waals surface area (Å²) in [6, 6.07) is 11.0. The summed E-state index contributed by atoms with van der Waals surface area (Å²) < 4.78 is 155. The molecule has 28 heteroatoms. The molecule has 2 aliphatic heterocycles. The van der Waals surface area contributed by atoms with Crippen molar-refractivity contribution in [3.63, 3.8) is 0 Å². The number of carbonyl (C=O) groups excluding carboxylic acids is 1. The molecule has 0 spiro atoms. The third-order valence-electron chi connectivity index (χ3n) is 10.4. The molecule has 6 heterocycles. The lowest BCUT2D eigenvalue weighted by Crippen LogP contribution is -2.54. The van der Waals surface area contributed by atoms with Gasteiger partial charge in [0, 0.05) is 49.6 Å². The molecule has 2 aromatic carbocycles. The highest BCUT2D eigenvalue weighted by Gasteiger charge is 2.44. The van der Waals surface area contributed by atoms with Crippen molar-refractivity contribution < 1.29 is 66.7 Å². The fourth-order valence-electron chi connectivity index (χ4n) is 6.50. The van der Waals surface area contributed by atoms with Crippen LogP contribution in [0.1, 0.15) is 41.8 Å². The summed E-state index contributed by atoms with van der Waals surface area (Å²) in [5.41, 5.74) is 5.14. The lowest BCUT2D eigenvalue weighted by Gasteiger charge is -2.38. The Morgan fingerprint density at radius 1 is 0.652 bits per heavy atom. The maximum absolute atomic E-state index is 13.1. The van der Waals surface area contributed by atoms with Crippen molar-refractivity contribution in [3.8, 4) is 11.4 Å². The highest BCUT2D eigenvalue weighted by Crippen LogP contribution is 2.32. The van der Waals surface area contributed by atoms with Crippen molar-refractivity contribution >= 4 is 55.0 Å². The van der Waals surface area contributed by atoms with Crippen LogP contribution in [0, 0.1) is 11.6 Å². The molecule has 2 fully saturated rings. The van der Waals surface area contributed by atoms with Gasteiger partial charge in [-0.3, -0.25) is 9.59 Å². The van der Waals surface area contributed by atoms with Crippen LogP contribution in [0.25, 0.3) is 11.4 Å². The number of nitrogens with zero attached hydrogens (tertiary/aromatic N) is 8. The summed E-state index contributed by atoms with van der Waals surface area (Å²) in [6.45, 7) is 0.555. The first kappa shape index (κ1) is 52.5. The standard InChI is InChI=1S/C21H17ClF4N4O3S.C10H8ClF3N4.C10H10FNO4S/c22-20-13(12-29(28-20)15-4-8-19(27-11-15)21(24,25)26)1-7-18(31)17-9-10-30(17)34(32,33)16-5-2-14(23)3-6-16;11-9-6(3-15)5-18(17-9)7-1-2-8(16-4-7)10(12,13)14;11-7-1-3-8(4-2-7)17(15,16)12-6-5-9(12)10(13)14/h2-6,8,11-12,17H,1,7,9-10H2;1-2,4-5H,3,15H2;1-4,9H,5-6H2,(H,13,14)/t17-;;9-/m0.0/s1. The van der Waals surface area contributed by atoms with Gasteiger partial charge in [-0.1, -0.05) is 23.2 Å². The molecule has 0 aliphatic carbocycles. The van der Waals surface area contributed by atoms with Crippen LogP contribution >= 0.6 is 23.2 Å². The van der Waals surface area contributed by atoms with E-state index in [2.05, 4.69) is 20.2 Å². The predicted molar refractivity (Wildman–Crippen MR) is 229 cm³/mol. The number of aromatic nitrogens is 6. The Kier molecular flexibility index (Phi) is 16.0. The van der Waals surface area contributed by atoms with Crippen LogP contribution in [0.4, 0.5) is 35.1 Å². The van der Waals surface area contributed by atoms with Gasteiger partial charge in [0.25, 0.3) is 0 Å². The van der Waals surface area contributed by atoms with Crippen molar-refractivity contribution in [3.05, 3.63) is 142 Å². The zero-order valence-corrected chi connectivity index (χ0v) is 38.1. The molecule has 368 valence electrons. The number of hydrogen-bond acceptors (Lipinski definition) is 11. The third-order valence-corrected chi connectivity index (χ3v) is 14.9. The van der Waals surface area contributed by atoms with Crippen LogP contribution in [-0.2, 0) is 55.0 Å². The molecule has 0 radical (unpaired) electrons. The van der Waals surface area contributed by atoms with Gasteiger partial charge < -0.3 is 10.8 Å². The Balaban J connectivity index is 0.000000188. The highest BCUT2D eigenvalue weighted by molar-refractivity contribution is 7.89. The minimum Gasteiger partial charge on any atom is -0.480 e. The maximum Gasteiger partial charge on any atom is 0.433 e. The van der Waals surface area contributed by atoms with E-state index in [0.29, 0.717) is 29.7 Å². The fourth-order valence-corrected chi connectivity index (χ4v) is 10.2. The monoisotopic (exact) mass is 1050 g/mol. The second-order valence-corrected chi connectivity index (χ2v) is 19.3. The number of carboxylic acid groups (broad SMARTS) is 1. The minimum absolute atomic E-state index is 0.0171. The first-order valence-corrected chi connectivity index (χ1v) is 23.5. The summed E-state index contributed by atoms with van der Waals surface area (Å²) in [5, 5.41) is 17.0. The Morgan fingerprint density at radius 2 is 1.06 bits per heavy atom. The molecular formula is C41H35Cl2F8N9O7S2. The molecule has 0 amide bonds. The highest BCUT2D eigenvalue weighted by atomic mass is 35.5. The van der Waals surface area contributed by atoms with Crippen molar-refractivity contribution in [2.24, 2.45) is 5.73 Å². The largest absolute Gasteiger partial charge is 0.480 e. The number of pyridine rings is 2. The summed E-state index contributed by atoms with van der Waals surface area (Å²) in [7, 11) is -7.76. The Bertz CT molecular complexity index is 3020. The van der Waals surface area contributed by atoms with Crippen molar-refractivity contribution in [1.29, 1.82) is 0 Å². The maximum atomic E-state index is 13.1. The van der Waals surface area contributed by atoms with Gasteiger partial charge in [0.15, 0.2) is 16.1 Å².